The SMILES string of the molecule is Cc1ccc(C(=O)NCc2cnn(C)c2)cc1NS(=O)(=O)c1ccc2c(c1)CCC2. The number of carbonyl (C=O) groups excluding carboxylic acids is 1. The number of benzene rings is 2. The summed E-state index contributed by atoms with van der Waals surface area (Å²) in [5, 5.41) is 6.90. The summed E-state index contributed by atoms with van der Waals surface area (Å²) in [6, 6.07) is 10.3. The summed E-state index contributed by atoms with van der Waals surface area (Å²) in [5.41, 5.74) is 4.72. The summed E-state index contributed by atoms with van der Waals surface area (Å²) in [7, 11) is -1.93. The second kappa shape index (κ2) is 7.95. The van der Waals surface area contributed by atoms with Crippen LogP contribution in [-0.4, -0.2) is 24.1 Å². The van der Waals surface area contributed by atoms with Crippen LogP contribution < -0.4 is 10.0 Å². The minimum Gasteiger partial charge on any atom is -0.348 e. The van der Waals surface area contributed by atoms with Gasteiger partial charge in [0.1, 0.15) is 0 Å². The Bertz CT molecular complexity index is 1210. The molecule has 2 aromatic carbocycles. The van der Waals surface area contributed by atoms with Crippen molar-refractivity contribution in [1.82, 2.24) is 15.1 Å². The van der Waals surface area contributed by atoms with Gasteiger partial charge in [-0.25, -0.2) is 8.42 Å². The highest BCUT2D eigenvalue weighted by Crippen LogP contribution is 2.27. The van der Waals surface area contributed by atoms with Crippen LogP contribution >= 0.6 is 0 Å². The number of aryl methyl sites for hydroxylation is 4. The number of carbonyl (C=O) groups is 1. The van der Waals surface area contributed by atoms with Crippen molar-refractivity contribution in [3.63, 3.8) is 0 Å². The van der Waals surface area contributed by atoms with Crippen LogP contribution in [0.15, 0.2) is 53.7 Å². The largest absolute Gasteiger partial charge is 0.348 e. The van der Waals surface area contributed by atoms with Gasteiger partial charge >= 0.3 is 0 Å². The number of sulfonamides is 1. The van der Waals surface area contributed by atoms with E-state index in [1.807, 2.05) is 19.3 Å². The second-order valence-corrected chi connectivity index (χ2v) is 9.31. The summed E-state index contributed by atoms with van der Waals surface area (Å²) >= 11 is 0. The number of anilines is 1. The van der Waals surface area contributed by atoms with Gasteiger partial charge in [0.2, 0.25) is 0 Å². The smallest absolute Gasteiger partial charge is 0.261 e. The first-order valence-corrected chi connectivity index (χ1v) is 11.3. The van der Waals surface area contributed by atoms with E-state index >= 15 is 0 Å². The van der Waals surface area contributed by atoms with Gasteiger partial charge in [0.25, 0.3) is 15.9 Å². The highest BCUT2D eigenvalue weighted by molar-refractivity contribution is 7.92. The maximum atomic E-state index is 12.9. The molecule has 0 radical (unpaired) electrons. The summed E-state index contributed by atoms with van der Waals surface area (Å²) in [6.07, 6.45) is 6.47. The third-order valence-electron chi connectivity index (χ3n) is 5.34. The van der Waals surface area contributed by atoms with Crippen molar-refractivity contribution >= 4 is 21.6 Å². The zero-order valence-corrected chi connectivity index (χ0v) is 17.8. The van der Waals surface area contributed by atoms with Crippen LogP contribution in [0, 0.1) is 6.92 Å². The molecule has 0 atom stereocenters. The molecule has 30 heavy (non-hydrogen) atoms. The first kappa shape index (κ1) is 20.2. The quantitative estimate of drug-likeness (QED) is 0.636. The van der Waals surface area contributed by atoms with Crippen LogP contribution in [0.4, 0.5) is 5.69 Å². The topological polar surface area (TPSA) is 93.1 Å². The molecule has 1 heterocycles. The second-order valence-electron chi connectivity index (χ2n) is 7.62. The van der Waals surface area contributed by atoms with E-state index in [1.165, 1.54) is 5.56 Å². The number of hydrogen-bond donors (Lipinski definition) is 2. The molecule has 0 saturated carbocycles. The Morgan fingerprint density at radius 2 is 1.93 bits per heavy atom. The van der Waals surface area contributed by atoms with Crippen molar-refractivity contribution in [2.45, 2.75) is 37.6 Å². The van der Waals surface area contributed by atoms with E-state index in [2.05, 4.69) is 15.1 Å². The van der Waals surface area contributed by atoms with Crippen LogP contribution in [0.2, 0.25) is 0 Å². The van der Waals surface area contributed by atoms with E-state index in [-0.39, 0.29) is 10.8 Å². The average molecular weight is 425 g/mol. The van der Waals surface area contributed by atoms with Crippen molar-refractivity contribution in [3.05, 3.63) is 76.6 Å². The molecule has 3 aromatic rings. The lowest BCUT2D eigenvalue weighted by molar-refractivity contribution is 0.0951. The molecule has 0 aliphatic heterocycles. The molecule has 4 rings (SSSR count). The fourth-order valence-electron chi connectivity index (χ4n) is 3.64. The molecule has 156 valence electrons. The zero-order chi connectivity index (χ0) is 21.3. The minimum absolute atomic E-state index is 0.244. The summed E-state index contributed by atoms with van der Waals surface area (Å²) in [5.74, 6) is -0.281. The number of nitrogens with one attached hydrogen (secondary N) is 2. The summed E-state index contributed by atoms with van der Waals surface area (Å²) < 4.78 is 30.2. The van der Waals surface area contributed by atoms with Crippen molar-refractivity contribution in [3.8, 4) is 0 Å². The highest BCUT2D eigenvalue weighted by Gasteiger charge is 2.20. The number of hydrogen-bond acceptors (Lipinski definition) is 4. The van der Waals surface area contributed by atoms with Crippen molar-refractivity contribution < 1.29 is 13.2 Å². The van der Waals surface area contributed by atoms with E-state index < -0.39 is 10.0 Å². The molecular formula is C22H24N4O3S. The lowest BCUT2D eigenvalue weighted by atomic mass is 10.1. The lowest BCUT2D eigenvalue weighted by Gasteiger charge is -2.13. The molecule has 1 aliphatic rings. The fraction of sp³-hybridized carbons (Fsp3) is 0.273. The van der Waals surface area contributed by atoms with E-state index in [1.54, 1.807) is 48.1 Å². The molecular weight excluding hydrogens is 400 g/mol. The van der Waals surface area contributed by atoms with Gasteiger partial charge in [-0.05, 0) is 67.1 Å². The number of fused-ring (bicyclic) bond motifs is 1. The van der Waals surface area contributed by atoms with Gasteiger partial charge in [-0.15, -0.1) is 0 Å². The normalized spacial score (nSPS) is 13.1. The van der Waals surface area contributed by atoms with Crippen LogP contribution in [0.3, 0.4) is 0 Å². The number of nitrogens with zero attached hydrogens (tertiary/aromatic N) is 2. The molecule has 1 aliphatic carbocycles. The van der Waals surface area contributed by atoms with E-state index in [0.29, 0.717) is 17.8 Å². The van der Waals surface area contributed by atoms with Crippen molar-refractivity contribution in [2.75, 3.05) is 4.72 Å². The Balaban J connectivity index is 1.52. The predicted molar refractivity (Wildman–Crippen MR) is 115 cm³/mol. The summed E-state index contributed by atoms with van der Waals surface area (Å²) in [6.45, 7) is 2.15. The van der Waals surface area contributed by atoms with E-state index in [9.17, 15) is 13.2 Å². The monoisotopic (exact) mass is 424 g/mol. The van der Waals surface area contributed by atoms with Gasteiger partial charge in [0.15, 0.2) is 0 Å². The van der Waals surface area contributed by atoms with Gasteiger partial charge in [-0.2, -0.15) is 5.10 Å². The highest BCUT2D eigenvalue weighted by atomic mass is 32.2. The van der Waals surface area contributed by atoms with Crippen LogP contribution in [-0.2, 0) is 36.5 Å². The van der Waals surface area contributed by atoms with E-state index in [0.717, 1.165) is 36.0 Å². The molecule has 0 fully saturated rings. The van der Waals surface area contributed by atoms with Gasteiger partial charge in [-0.1, -0.05) is 12.1 Å². The van der Waals surface area contributed by atoms with Gasteiger partial charge in [0, 0.05) is 30.9 Å². The molecule has 1 aromatic heterocycles. The van der Waals surface area contributed by atoms with Crippen LogP contribution in [0.1, 0.15) is 39.0 Å². The van der Waals surface area contributed by atoms with Gasteiger partial charge < -0.3 is 5.32 Å². The number of aromatic nitrogens is 2. The molecule has 0 spiro atoms. The van der Waals surface area contributed by atoms with Crippen molar-refractivity contribution in [2.24, 2.45) is 7.05 Å². The van der Waals surface area contributed by atoms with Gasteiger partial charge in [-0.3, -0.25) is 14.2 Å². The Morgan fingerprint density at radius 1 is 1.13 bits per heavy atom. The van der Waals surface area contributed by atoms with E-state index in [4.69, 9.17) is 0 Å². The summed E-state index contributed by atoms with van der Waals surface area (Å²) in [4.78, 5) is 12.8. The number of rotatable bonds is 6. The Morgan fingerprint density at radius 3 is 2.70 bits per heavy atom. The maximum absolute atomic E-state index is 12.9. The Kier molecular flexibility index (Phi) is 5.34. The minimum atomic E-state index is -3.75. The van der Waals surface area contributed by atoms with Crippen molar-refractivity contribution in [1.29, 1.82) is 0 Å². The molecule has 0 saturated heterocycles. The molecule has 8 heteroatoms. The lowest BCUT2D eigenvalue weighted by Crippen LogP contribution is -2.23. The first-order valence-electron chi connectivity index (χ1n) is 9.83. The Hall–Kier alpha value is -3.13. The molecule has 0 unspecified atom stereocenters. The fourth-order valence-corrected chi connectivity index (χ4v) is 4.81. The molecule has 0 bridgehead atoms. The number of amides is 1. The molecule has 2 N–H and O–H groups in total. The maximum Gasteiger partial charge on any atom is 0.261 e. The first-order chi connectivity index (χ1) is 14.3. The zero-order valence-electron chi connectivity index (χ0n) is 17.0. The standard InChI is InChI=1S/C22H24N4O3S/c1-15-6-7-19(22(27)23-12-16-13-24-26(2)14-16)11-21(15)25-30(28,29)20-9-8-17-4-3-5-18(17)10-20/h6-11,13-14,25H,3-5,12H2,1-2H3,(H,23,27). The third-order valence-corrected chi connectivity index (χ3v) is 6.70. The average Bonchev–Trinajstić information content (AvgIpc) is 3.35. The predicted octanol–water partition coefficient (Wildman–Crippen LogP) is 2.95. The third kappa shape index (κ3) is 4.23. The van der Waals surface area contributed by atoms with Gasteiger partial charge in [0.05, 0.1) is 16.8 Å². The van der Waals surface area contributed by atoms with Crippen LogP contribution in [0.25, 0.3) is 0 Å². The Labute approximate surface area is 176 Å². The molecule has 7 nitrogen and oxygen atoms in total. The van der Waals surface area contributed by atoms with Crippen LogP contribution in [0.5, 0.6) is 0 Å². The molecule has 1 amide bonds.